The van der Waals surface area contributed by atoms with E-state index in [4.69, 9.17) is 0 Å². The molecule has 0 heterocycles. The van der Waals surface area contributed by atoms with Gasteiger partial charge in [-0.3, -0.25) is 0 Å². The van der Waals surface area contributed by atoms with Crippen LogP contribution in [0.25, 0.3) is 0 Å². The van der Waals surface area contributed by atoms with Gasteiger partial charge in [0.05, 0.1) is 0 Å². The van der Waals surface area contributed by atoms with Gasteiger partial charge in [0, 0.05) is 6.04 Å². The van der Waals surface area contributed by atoms with Gasteiger partial charge in [-0.25, -0.2) is 0 Å². The molecule has 20 heavy (non-hydrogen) atoms. The third-order valence-corrected chi connectivity index (χ3v) is 5.66. The highest BCUT2D eigenvalue weighted by Gasteiger charge is 2.55. The zero-order valence-electron chi connectivity index (χ0n) is 13.2. The van der Waals surface area contributed by atoms with Crippen LogP contribution in [-0.2, 0) is 6.42 Å². The number of benzene rings is 1. The van der Waals surface area contributed by atoms with Crippen LogP contribution in [0.2, 0.25) is 0 Å². The predicted molar refractivity (Wildman–Crippen MR) is 86.0 cm³/mol. The van der Waals surface area contributed by atoms with Gasteiger partial charge < -0.3 is 5.32 Å². The first-order valence-electron chi connectivity index (χ1n) is 8.51. The summed E-state index contributed by atoms with van der Waals surface area (Å²) in [7, 11) is 2.17. The van der Waals surface area contributed by atoms with Crippen molar-refractivity contribution < 1.29 is 0 Å². The van der Waals surface area contributed by atoms with E-state index in [1.807, 2.05) is 0 Å². The van der Waals surface area contributed by atoms with Crippen molar-refractivity contribution in [3.05, 3.63) is 35.4 Å². The first kappa shape index (κ1) is 14.1. The normalized spacial score (nSPS) is 30.2. The third-order valence-electron chi connectivity index (χ3n) is 5.66. The minimum absolute atomic E-state index is 0.720. The van der Waals surface area contributed by atoms with Gasteiger partial charge in [-0.05, 0) is 61.1 Å². The summed E-state index contributed by atoms with van der Waals surface area (Å²) in [5, 5.41) is 3.64. The molecule has 2 aliphatic carbocycles. The van der Waals surface area contributed by atoms with Crippen LogP contribution in [0.1, 0.15) is 56.6 Å². The van der Waals surface area contributed by atoms with E-state index in [0.29, 0.717) is 0 Å². The lowest BCUT2D eigenvalue weighted by Crippen LogP contribution is -2.30. The van der Waals surface area contributed by atoms with Gasteiger partial charge in [-0.1, -0.05) is 51.0 Å². The van der Waals surface area contributed by atoms with Crippen LogP contribution in [0.5, 0.6) is 0 Å². The number of fused-ring (bicyclic) bond motifs is 3. The summed E-state index contributed by atoms with van der Waals surface area (Å²) in [5.74, 6) is 3.56. The number of rotatable bonds is 6. The number of aryl methyl sites for hydroxylation is 1. The van der Waals surface area contributed by atoms with Gasteiger partial charge in [0.2, 0.25) is 0 Å². The summed E-state index contributed by atoms with van der Waals surface area (Å²) < 4.78 is 0. The molecule has 5 unspecified atom stereocenters. The zero-order chi connectivity index (χ0) is 14.1. The quantitative estimate of drug-likeness (QED) is 0.810. The van der Waals surface area contributed by atoms with Crippen LogP contribution >= 0.6 is 0 Å². The maximum Gasteiger partial charge on any atom is 0.0104 e. The monoisotopic (exact) mass is 271 g/mol. The lowest BCUT2D eigenvalue weighted by Gasteiger charge is -2.21. The highest BCUT2D eigenvalue weighted by atomic mass is 14.9. The Kier molecular flexibility index (Phi) is 4.16. The minimum atomic E-state index is 0.720. The molecule has 0 aliphatic heterocycles. The Hall–Kier alpha value is -0.820. The molecule has 2 aliphatic rings. The van der Waals surface area contributed by atoms with E-state index in [1.165, 1.54) is 32.1 Å². The molecular formula is C19H29N. The summed E-state index contributed by atoms with van der Waals surface area (Å²) in [4.78, 5) is 0. The van der Waals surface area contributed by atoms with Crippen LogP contribution in [0, 0.1) is 17.8 Å². The third kappa shape index (κ3) is 2.53. The molecule has 0 amide bonds. The van der Waals surface area contributed by atoms with E-state index in [0.717, 1.165) is 29.7 Å². The number of hydrogen-bond donors (Lipinski definition) is 1. The minimum Gasteiger partial charge on any atom is -0.317 e. The van der Waals surface area contributed by atoms with Crippen LogP contribution in [-0.4, -0.2) is 13.1 Å². The van der Waals surface area contributed by atoms with Crippen molar-refractivity contribution in [1.29, 1.82) is 0 Å². The molecular weight excluding hydrogens is 242 g/mol. The number of nitrogens with one attached hydrogen (secondary N) is 1. The summed E-state index contributed by atoms with van der Waals surface area (Å²) in [5.41, 5.74) is 3.28. The van der Waals surface area contributed by atoms with Gasteiger partial charge in [0.15, 0.2) is 0 Å². The van der Waals surface area contributed by atoms with Crippen molar-refractivity contribution in [3.63, 3.8) is 0 Å². The summed E-state index contributed by atoms with van der Waals surface area (Å²) in [6, 6.07) is 9.88. The standard InChI is InChI=1S/C19H29N/c1-4-7-13(2)12-17(20-3)19-16-11-10-14-8-5-6-9-15(14)18(16)19/h5-6,8-9,13,16-20H,4,7,10-12H2,1-3H3. The Balaban J connectivity index is 1.70. The van der Waals surface area contributed by atoms with Crippen molar-refractivity contribution in [3.8, 4) is 0 Å². The van der Waals surface area contributed by atoms with Crippen LogP contribution in [0.3, 0.4) is 0 Å². The highest BCUT2D eigenvalue weighted by molar-refractivity contribution is 5.40. The molecule has 1 N–H and O–H groups in total. The van der Waals surface area contributed by atoms with Crippen molar-refractivity contribution in [1.82, 2.24) is 5.32 Å². The molecule has 110 valence electrons. The van der Waals surface area contributed by atoms with E-state index in [2.05, 4.69) is 50.5 Å². The van der Waals surface area contributed by atoms with Crippen LogP contribution in [0.4, 0.5) is 0 Å². The van der Waals surface area contributed by atoms with E-state index in [-0.39, 0.29) is 0 Å². The van der Waals surface area contributed by atoms with E-state index in [1.54, 1.807) is 11.1 Å². The molecule has 3 rings (SSSR count). The van der Waals surface area contributed by atoms with Crippen molar-refractivity contribution >= 4 is 0 Å². The Morgan fingerprint density at radius 3 is 2.85 bits per heavy atom. The van der Waals surface area contributed by atoms with E-state index in [9.17, 15) is 0 Å². The van der Waals surface area contributed by atoms with Crippen LogP contribution < -0.4 is 5.32 Å². The van der Waals surface area contributed by atoms with Gasteiger partial charge in [-0.15, -0.1) is 0 Å². The smallest absolute Gasteiger partial charge is 0.0104 e. The Morgan fingerprint density at radius 2 is 2.10 bits per heavy atom. The van der Waals surface area contributed by atoms with Gasteiger partial charge in [0.25, 0.3) is 0 Å². The Labute approximate surface area is 124 Å². The molecule has 0 spiro atoms. The molecule has 0 aromatic heterocycles. The summed E-state index contributed by atoms with van der Waals surface area (Å²) in [6.45, 7) is 4.73. The first-order chi connectivity index (χ1) is 9.76. The molecule has 1 heteroatoms. The fraction of sp³-hybridized carbons (Fsp3) is 0.684. The summed E-state index contributed by atoms with van der Waals surface area (Å²) in [6.07, 6.45) is 6.75. The van der Waals surface area contributed by atoms with Crippen molar-refractivity contribution in [2.24, 2.45) is 17.8 Å². The van der Waals surface area contributed by atoms with Crippen LogP contribution in [0.15, 0.2) is 24.3 Å². The molecule has 1 aromatic carbocycles. The molecule has 5 atom stereocenters. The topological polar surface area (TPSA) is 12.0 Å². The fourth-order valence-electron chi connectivity index (χ4n) is 4.68. The zero-order valence-corrected chi connectivity index (χ0v) is 13.2. The van der Waals surface area contributed by atoms with E-state index < -0.39 is 0 Å². The average molecular weight is 271 g/mol. The first-order valence-corrected chi connectivity index (χ1v) is 8.51. The van der Waals surface area contributed by atoms with E-state index >= 15 is 0 Å². The fourth-order valence-corrected chi connectivity index (χ4v) is 4.68. The lowest BCUT2D eigenvalue weighted by molar-refractivity contribution is 0.357. The van der Waals surface area contributed by atoms with Gasteiger partial charge in [0.1, 0.15) is 0 Å². The second-order valence-corrected chi connectivity index (χ2v) is 7.03. The van der Waals surface area contributed by atoms with Gasteiger partial charge in [-0.2, -0.15) is 0 Å². The molecule has 1 fully saturated rings. The molecule has 0 saturated heterocycles. The van der Waals surface area contributed by atoms with Gasteiger partial charge >= 0.3 is 0 Å². The molecule has 0 radical (unpaired) electrons. The predicted octanol–water partition coefficient (Wildman–Crippen LogP) is 4.38. The highest BCUT2D eigenvalue weighted by Crippen LogP contribution is 2.61. The maximum atomic E-state index is 3.64. The average Bonchev–Trinajstić information content (AvgIpc) is 3.20. The Morgan fingerprint density at radius 1 is 1.30 bits per heavy atom. The maximum absolute atomic E-state index is 3.64. The molecule has 0 bridgehead atoms. The number of hydrogen-bond acceptors (Lipinski definition) is 1. The summed E-state index contributed by atoms with van der Waals surface area (Å²) >= 11 is 0. The SMILES string of the molecule is CCCC(C)CC(NC)C1C2CCc3ccccc3C21. The molecule has 1 aromatic rings. The molecule has 1 nitrogen and oxygen atoms in total. The second-order valence-electron chi connectivity index (χ2n) is 7.03. The van der Waals surface area contributed by atoms with Crippen molar-refractivity contribution in [2.75, 3.05) is 7.05 Å². The lowest BCUT2D eigenvalue weighted by atomic mass is 9.91. The Bertz CT molecular complexity index is 453. The van der Waals surface area contributed by atoms with Crippen molar-refractivity contribution in [2.45, 2.75) is 57.9 Å². The second kappa shape index (κ2) is 5.89. The molecule has 1 saturated carbocycles. The largest absolute Gasteiger partial charge is 0.317 e.